The van der Waals surface area contributed by atoms with Gasteiger partial charge in [-0.3, -0.25) is 4.79 Å². The van der Waals surface area contributed by atoms with Crippen LogP contribution in [0.2, 0.25) is 10.0 Å². The molecule has 0 N–H and O–H groups in total. The highest BCUT2D eigenvalue weighted by Gasteiger charge is 2.38. The van der Waals surface area contributed by atoms with E-state index in [9.17, 15) is 13.2 Å². The average molecular weight is 497 g/mol. The van der Waals surface area contributed by atoms with Gasteiger partial charge in [0.1, 0.15) is 10.6 Å². The van der Waals surface area contributed by atoms with E-state index >= 15 is 0 Å². The fraction of sp³-hybridized carbons (Fsp3) is 0.435. The lowest BCUT2D eigenvalue weighted by atomic mass is 9.95. The van der Waals surface area contributed by atoms with E-state index in [0.29, 0.717) is 17.9 Å². The maximum atomic E-state index is 13.4. The second-order valence-corrected chi connectivity index (χ2v) is 11.0. The molecule has 2 aliphatic heterocycles. The fourth-order valence-electron chi connectivity index (χ4n) is 4.62. The van der Waals surface area contributed by atoms with E-state index in [4.69, 9.17) is 27.9 Å². The normalized spacial score (nSPS) is 20.5. The molecule has 9 heteroatoms. The summed E-state index contributed by atoms with van der Waals surface area (Å²) in [5, 5.41) is 0.460. The van der Waals surface area contributed by atoms with Crippen molar-refractivity contribution in [2.75, 3.05) is 26.7 Å². The molecule has 2 fully saturated rings. The second kappa shape index (κ2) is 9.59. The molecule has 172 valence electrons. The van der Waals surface area contributed by atoms with E-state index in [1.807, 2.05) is 29.2 Å². The quantitative estimate of drug-likeness (QED) is 0.597. The fourth-order valence-corrected chi connectivity index (χ4v) is 6.82. The Hall–Kier alpha value is -1.80. The number of carbonyl (C=O) groups excluding carboxylic acids is 1. The van der Waals surface area contributed by atoms with Gasteiger partial charge in [0, 0.05) is 30.6 Å². The van der Waals surface area contributed by atoms with Crippen LogP contribution < -0.4 is 4.74 Å². The van der Waals surface area contributed by atoms with Gasteiger partial charge in [-0.1, -0.05) is 35.3 Å². The summed E-state index contributed by atoms with van der Waals surface area (Å²) in [6, 6.07) is 12.3. The number of carbonyl (C=O) groups is 1. The first-order valence-corrected chi connectivity index (χ1v) is 12.9. The molecule has 0 bridgehead atoms. The SMILES string of the molecule is COc1cccc([C@H]2CCCN2C(=O)C2CCN(S(=O)(=O)c3cc(Cl)ccc3Cl)CC2)c1. The number of ether oxygens (including phenoxy) is 1. The zero-order valence-corrected chi connectivity index (χ0v) is 20.2. The van der Waals surface area contributed by atoms with Crippen LogP contribution in [0.5, 0.6) is 5.75 Å². The van der Waals surface area contributed by atoms with Gasteiger partial charge in [-0.05, 0) is 61.6 Å². The number of likely N-dealkylation sites (tertiary alicyclic amines) is 1. The van der Waals surface area contributed by atoms with Gasteiger partial charge in [0.2, 0.25) is 15.9 Å². The summed E-state index contributed by atoms with van der Waals surface area (Å²) < 4.78 is 32.9. The Balaban J connectivity index is 1.44. The minimum atomic E-state index is -3.77. The Labute approximate surface area is 199 Å². The van der Waals surface area contributed by atoms with Crippen molar-refractivity contribution in [2.45, 2.75) is 36.6 Å². The van der Waals surface area contributed by atoms with Crippen LogP contribution >= 0.6 is 23.2 Å². The number of nitrogens with zero attached hydrogens (tertiary/aromatic N) is 2. The third-order valence-electron chi connectivity index (χ3n) is 6.33. The molecule has 1 amide bonds. The Kier molecular flexibility index (Phi) is 7.00. The van der Waals surface area contributed by atoms with Gasteiger partial charge < -0.3 is 9.64 Å². The van der Waals surface area contributed by atoms with Crippen LogP contribution in [-0.4, -0.2) is 50.3 Å². The lowest BCUT2D eigenvalue weighted by Gasteiger charge is -2.34. The highest BCUT2D eigenvalue weighted by atomic mass is 35.5. The number of sulfonamides is 1. The zero-order chi connectivity index (χ0) is 22.9. The summed E-state index contributed by atoms with van der Waals surface area (Å²) in [6.45, 7) is 1.27. The van der Waals surface area contributed by atoms with Crippen molar-refractivity contribution < 1.29 is 17.9 Å². The molecule has 0 aliphatic carbocycles. The third kappa shape index (κ3) is 4.62. The lowest BCUT2D eigenvalue weighted by molar-refractivity contribution is -0.137. The zero-order valence-electron chi connectivity index (χ0n) is 17.8. The van der Waals surface area contributed by atoms with Crippen LogP contribution in [0.1, 0.15) is 37.3 Å². The van der Waals surface area contributed by atoms with Crippen LogP contribution in [0.4, 0.5) is 0 Å². The molecule has 0 unspecified atom stereocenters. The van der Waals surface area contributed by atoms with E-state index in [1.165, 1.54) is 16.4 Å². The predicted octanol–water partition coefficient (Wildman–Crippen LogP) is 4.77. The van der Waals surface area contributed by atoms with E-state index in [1.54, 1.807) is 13.2 Å². The molecular formula is C23H26Cl2N2O4S. The molecule has 0 aromatic heterocycles. The Morgan fingerprint density at radius 2 is 1.78 bits per heavy atom. The van der Waals surface area contributed by atoms with Crippen molar-refractivity contribution in [3.05, 3.63) is 58.1 Å². The largest absolute Gasteiger partial charge is 0.497 e. The summed E-state index contributed by atoms with van der Waals surface area (Å²) in [6.07, 6.45) is 2.84. The van der Waals surface area contributed by atoms with Gasteiger partial charge in [-0.25, -0.2) is 8.42 Å². The van der Waals surface area contributed by atoms with Crippen LogP contribution in [0, 0.1) is 5.92 Å². The molecule has 0 radical (unpaired) electrons. The smallest absolute Gasteiger partial charge is 0.244 e. The highest BCUT2D eigenvalue weighted by molar-refractivity contribution is 7.89. The van der Waals surface area contributed by atoms with Gasteiger partial charge in [0.05, 0.1) is 18.2 Å². The molecule has 4 rings (SSSR count). The minimum absolute atomic E-state index is 0.00840. The number of methoxy groups -OCH3 is 1. The number of benzene rings is 2. The molecule has 2 aliphatic rings. The number of hydrogen-bond donors (Lipinski definition) is 0. The molecule has 2 aromatic rings. The van der Waals surface area contributed by atoms with Crippen molar-refractivity contribution in [1.29, 1.82) is 0 Å². The first-order valence-electron chi connectivity index (χ1n) is 10.7. The molecular weight excluding hydrogens is 471 g/mol. The monoisotopic (exact) mass is 496 g/mol. The Bertz CT molecular complexity index is 1100. The Morgan fingerprint density at radius 1 is 1.03 bits per heavy atom. The molecule has 2 heterocycles. The van der Waals surface area contributed by atoms with Crippen LogP contribution in [0.3, 0.4) is 0 Å². The molecule has 32 heavy (non-hydrogen) atoms. The summed E-state index contributed by atoms with van der Waals surface area (Å²) in [5.74, 6) is 0.690. The van der Waals surface area contributed by atoms with Crippen molar-refractivity contribution in [3.63, 3.8) is 0 Å². The van der Waals surface area contributed by atoms with Crippen molar-refractivity contribution in [3.8, 4) is 5.75 Å². The number of halogens is 2. The average Bonchev–Trinajstić information content (AvgIpc) is 3.30. The van der Waals surface area contributed by atoms with Gasteiger partial charge >= 0.3 is 0 Å². The maximum absolute atomic E-state index is 13.4. The number of hydrogen-bond acceptors (Lipinski definition) is 4. The van der Waals surface area contributed by atoms with Crippen molar-refractivity contribution in [2.24, 2.45) is 5.92 Å². The second-order valence-electron chi connectivity index (χ2n) is 8.22. The standard InChI is InChI=1S/C23H26Cl2N2O4S/c1-31-19-5-2-4-17(14-19)21-6-3-11-27(21)23(28)16-9-12-26(13-10-16)32(29,30)22-15-18(24)7-8-20(22)25/h2,4-5,7-8,14-16,21H,3,6,9-13H2,1H3/t21-/m1/s1. The number of rotatable bonds is 5. The van der Waals surface area contributed by atoms with Crippen LogP contribution in [0.15, 0.2) is 47.4 Å². The molecule has 6 nitrogen and oxygen atoms in total. The van der Waals surface area contributed by atoms with Crippen molar-refractivity contribution >= 4 is 39.1 Å². The molecule has 0 saturated carbocycles. The molecule has 1 atom stereocenters. The predicted molar refractivity (Wildman–Crippen MR) is 125 cm³/mol. The molecule has 0 spiro atoms. The van der Waals surface area contributed by atoms with Crippen LogP contribution in [-0.2, 0) is 14.8 Å². The van der Waals surface area contributed by atoms with E-state index in [2.05, 4.69) is 0 Å². The third-order valence-corrected chi connectivity index (χ3v) is 8.94. The summed E-state index contributed by atoms with van der Waals surface area (Å²) in [4.78, 5) is 15.3. The van der Waals surface area contributed by atoms with Crippen LogP contribution in [0.25, 0.3) is 0 Å². The van der Waals surface area contributed by atoms with Gasteiger partial charge in [0.25, 0.3) is 0 Å². The summed E-state index contributed by atoms with van der Waals surface area (Å²) in [5.41, 5.74) is 1.07. The number of amides is 1. The number of piperidine rings is 1. The topological polar surface area (TPSA) is 66.9 Å². The maximum Gasteiger partial charge on any atom is 0.244 e. The molecule has 2 aromatic carbocycles. The lowest BCUT2D eigenvalue weighted by Crippen LogP contribution is -2.44. The summed E-state index contributed by atoms with van der Waals surface area (Å²) >= 11 is 12.1. The first-order chi connectivity index (χ1) is 15.3. The minimum Gasteiger partial charge on any atom is -0.497 e. The van der Waals surface area contributed by atoms with Gasteiger partial charge in [0.15, 0.2) is 0 Å². The van der Waals surface area contributed by atoms with E-state index in [-0.39, 0.29) is 40.9 Å². The van der Waals surface area contributed by atoms with Gasteiger partial charge in [-0.2, -0.15) is 4.31 Å². The van der Waals surface area contributed by atoms with E-state index < -0.39 is 10.0 Å². The van der Waals surface area contributed by atoms with E-state index in [0.717, 1.165) is 30.7 Å². The summed E-state index contributed by atoms with van der Waals surface area (Å²) in [7, 11) is -2.13. The molecule has 2 saturated heterocycles. The van der Waals surface area contributed by atoms with Crippen molar-refractivity contribution in [1.82, 2.24) is 9.21 Å². The Morgan fingerprint density at radius 3 is 2.50 bits per heavy atom. The van der Waals surface area contributed by atoms with Gasteiger partial charge in [-0.15, -0.1) is 0 Å². The highest BCUT2D eigenvalue weighted by Crippen LogP contribution is 2.37. The first kappa shape index (κ1) is 23.4.